The third kappa shape index (κ3) is 4.47. The van der Waals surface area contributed by atoms with Crippen LogP contribution in [-0.2, 0) is 16.2 Å². The van der Waals surface area contributed by atoms with Gasteiger partial charge in [-0.05, 0) is 19.4 Å². The number of ether oxygens (including phenoxy) is 1. The first-order valence-corrected chi connectivity index (χ1v) is 8.80. The van der Waals surface area contributed by atoms with Gasteiger partial charge in [0.1, 0.15) is 12.3 Å². The van der Waals surface area contributed by atoms with Gasteiger partial charge < -0.3 is 9.57 Å². The van der Waals surface area contributed by atoms with E-state index >= 15 is 0 Å². The van der Waals surface area contributed by atoms with Gasteiger partial charge in [-0.1, -0.05) is 65.8 Å². The van der Waals surface area contributed by atoms with Gasteiger partial charge in [0.25, 0.3) is 0 Å². The minimum absolute atomic E-state index is 0.234. The zero-order valence-electron chi connectivity index (χ0n) is 15.0. The quantitative estimate of drug-likeness (QED) is 0.595. The molecule has 0 bridgehead atoms. The Balaban J connectivity index is 1.83. The Hall–Kier alpha value is -2.17. The topological polar surface area (TPSA) is 34.1 Å². The van der Waals surface area contributed by atoms with Crippen molar-refractivity contribution in [2.24, 2.45) is 5.16 Å². The molecule has 1 saturated heterocycles. The van der Waals surface area contributed by atoms with Crippen molar-refractivity contribution in [1.29, 1.82) is 0 Å². The number of nitrogens with zero attached hydrogens (tertiary/aromatic N) is 2. The van der Waals surface area contributed by atoms with Crippen LogP contribution in [0.15, 0.2) is 65.8 Å². The summed E-state index contributed by atoms with van der Waals surface area (Å²) in [5.41, 5.74) is 2.92. The number of hydrogen-bond donors (Lipinski definition) is 0. The largest absolute Gasteiger partial charge is 0.391 e. The highest BCUT2D eigenvalue weighted by molar-refractivity contribution is 6.06. The van der Waals surface area contributed by atoms with Gasteiger partial charge in [0.15, 0.2) is 0 Å². The summed E-state index contributed by atoms with van der Waals surface area (Å²) >= 11 is 0. The summed E-state index contributed by atoms with van der Waals surface area (Å²) in [7, 11) is 0. The van der Waals surface area contributed by atoms with E-state index in [9.17, 15) is 0 Å². The van der Waals surface area contributed by atoms with E-state index in [0.717, 1.165) is 43.1 Å². The molecular formula is C21H26N2O2. The molecular weight excluding hydrogens is 312 g/mol. The fourth-order valence-electron chi connectivity index (χ4n) is 3.13. The van der Waals surface area contributed by atoms with Gasteiger partial charge in [-0.25, -0.2) is 0 Å². The van der Waals surface area contributed by atoms with Crippen molar-refractivity contribution in [3.8, 4) is 0 Å². The maximum absolute atomic E-state index is 5.74. The molecule has 0 saturated carbocycles. The lowest BCUT2D eigenvalue weighted by Crippen LogP contribution is -2.54. The van der Waals surface area contributed by atoms with Crippen molar-refractivity contribution >= 4 is 5.71 Å². The van der Waals surface area contributed by atoms with E-state index in [2.05, 4.69) is 36.0 Å². The maximum atomic E-state index is 5.74. The van der Waals surface area contributed by atoms with Crippen molar-refractivity contribution in [3.05, 3.63) is 71.8 Å². The van der Waals surface area contributed by atoms with E-state index in [4.69, 9.17) is 9.57 Å². The SMILES string of the molecule is CC(C)(C(=NOCc1ccccc1)c1ccccc1)N1CCOCC1. The number of benzene rings is 2. The molecule has 0 aliphatic carbocycles. The second kappa shape index (κ2) is 8.28. The molecule has 1 aliphatic rings. The van der Waals surface area contributed by atoms with Crippen molar-refractivity contribution in [1.82, 2.24) is 4.90 Å². The Morgan fingerprint density at radius 3 is 2.24 bits per heavy atom. The van der Waals surface area contributed by atoms with E-state index in [1.165, 1.54) is 0 Å². The Bertz CT molecular complexity index is 678. The smallest absolute Gasteiger partial charge is 0.142 e. The first-order valence-electron chi connectivity index (χ1n) is 8.80. The standard InChI is InChI=1S/C21H26N2O2/c1-21(2,23-13-15-24-16-14-23)20(19-11-7-4-8-12-19)22-25-17-18-9-5-3-6-10-18/h3-12H,13-17H2,1-2H3. The molecule has 0 radical (unpaired) electrons. The minimum atomic E-state index is -0.234. The van der Waals surface area contributed by atoms with Crippen LogP contribution in [0.5, 0.6) is 0 Å². The maximum Gasteiger partial charge on any atom is 0.142 e. The van der Waals surface area contributed by atoms with Crippen LogP contribution >= 0.6 is 0 Å². The minimum Gasteiger partial charge on any atom is -0.391 e. The molecule has 4 heteroatoms. The van der Waals surface area contributed by atoms with Crippen molar-refractivity contribution in [2.45, 2.75) is 26.0 Å². The number of rotatable bonds is 6. The van der Waals surface area contributed by atoms with Crippen molar-refractivity contribution < 1.29 is 9.57 Å². The predicted molar refractivity (Wildman–Crippen MR) is 101 cm³/mol. The summed E-state index contributed by atoms with van der Waals surface area (Å²) < 4.78 is 5.51. The molecule has 1 heterocycles. The molecule has 0 spiro atoms. The monoisotopic (exact) mass is 338 g/mol. The highest BCUT2D eigenvalue weighted by Crippen LogP contribution is 2.23. The van der Waals surface area contributed by atoms with Crippen LogP contribution in [0.25, 0.3) is 0 Å². The summed E-state index contributed by atoms with van der Waals surface area (Å²) in [6.45, 7) is 8.20. The molecule has 0 unspecified atom stereocenters. The Kier molecular flexibility index (Phi) is 5.84. The molecule has 0 N–H and O–H groups in total. The van der Waals surface area contributed by atoms with E-state index in [1.54, 1.807) is 0 Å². The lowest BCUT2D eigenvalue weighted by atomic mass is 9.90. The predicted octanol–water partition coefficient (Wildman–Crippen LogP) is 3.72. The first-order chi connectivity index (χ1) is 12.2. The second-order valence-electron chi connectivity index (χ2n) is 6.72. The van der Waals surface area contributed by atoms with E-state index in [-0.39, 0.29) is 5.54 Å². The van der Waals surface area contributed by atoms with Gasteiger partial charge in [0.2, 0.25) is 0 Å². The molecule has 0 amide bonds. The molecule has 4 nitrogen and oxygen atoms in total. The van der Waals surface area contributed by atoms with Crippen LogP contribution in [0, 0.1) is 0 Å². The summed E-state index contributed by atoms with van der Waals surface area (Å²) in [6, 6.07) is 20.4. The number of oxime groups is 1. The molecule has 25 heavy (non-hydrogen) atoms. The van der Waals surface area contributed by atoms with Gasteiger partial charge in [0, 0.05) is 18.7 Å². The van der Waals surface area contributed by atoms with Crippen LogP contribution in [0.1, 0.15) is 25.0 Å². The highest BCUT2D eigenvalue weighted by Gasteiger charge is 2.34. The third-order valence-electron chi connectivity index (χ3n) is 4.66. The van der Waals surface area contributed by atoms with Crippen LogP contribution in [-0.4, -0.2) is 42.5 Å². The Morgan fingerprint density at radius 2 is 1.60 bits per heavy atom. The molecule has 2 aromatic carbocycles. The lowest BCUT2D eigenvalue weighted by Gasteiger charge is -2.41. The third-order valence-corrected chi connectivity index (χ3v) is 4.66. The Morgan fingerprint density at radius 1 is 1.00 bits per heavy atom. The first kappa shape index (κ1) is 17.6. The van der Waals surface area contributed by atoms with Gasteiger partial charge in [-0.2, -0.15) is 0 Å². The summed E-state index contributed by atoms with van der Waals surface area (Å²) in [5.74, 6) is 0. The number of morpholine rings is 1. The fraction of sp³-hybridized carbons (Fsp3) is 0.381. The van der Waals surface area contributed by atoms with E-state index in [1.807, 2.05) is 48.5 Å². The van der Waals surface area contributed by atoms with Crippen molar-refractivity contribution in [3.63, 3.8) is 0 Å². The molecule has 132 valence electrons. The second-order valence-corrected chi connectivity index (χ2v) is 6.72. The van der Waals surface area contributed by atoms with Gasteiger partial charge >= 0.3 is 0 Å². The normalized spacial score (nSPS) is 16.6. The molecule has 0 aromatic heterocycles. The molecule has 3 rings (SSSR count). The summed E-state index contributed by atoms with van der Waals surface area (Å²) in [4.78, 5) is 8.15. The summed E-state index contributed by atoms with van der Waals surface area (Å²) in [6.07, 6.45) is 0. The zero-order valence-corrected chi connectivity index (χ0v) is 15.0. The Labute approximate surface area is 150 Å². The van der Waals surface area contributed by atoms with Gasteiger partial charge in [0.05, 0.1) is 18.8 Å². The molecule has 2 aromatic rings. The van der Waals surface area contributed by atoms with Gasteiger partial charge in [-0.15, -0.1) is 0 Å². The average molecular weight is 338 g/mol. The highest BCUT2D eigenvalue weighted by atomic mass is 16.6. The molecule has 0 atom stereocenters. The van der Waals surface area contributed by atoms with Crippen molar-refractivity contribution in [2.75, 3.05) is 26.3 Å². The number of hydrogen-bond acceptors (Lipinski definition) is 4. The molecule has 1 fully saturated rings. The fourth-order valence-corrected chi connectivity index (χ4v) is 3.13. The molecule has 1 aliphatic heterocycles. The van der Waals surface area contributed by atoms with Crippen LogP contribution < -0.4 is 0 Å². The zero-order chi connectivity index (χ0) is 17.5. The summed E-state index contributed by atoms with van der Waals surface area (Å²) in [5, 5.41) is 4.57. The van der Waals surface area contributed by atoms with Crippen LogP contribution in [0.4, 0.5) is 0 Å². The lowest BCUT2D eigenvalue weighted by molar-refractivity contribution is 0.00862. The van der Waals surface area contributed by atoms with E-state index in [0.29, 0.717) is 6.61 Å². The van der Waals surface area contributed by atoms with Gasteiger partial charge in [-0.3, -0.25) is 4.90 Å². The van der Waals surface area contributed by atoms with Crippen LogP contribution in [0.3, 0.4) is 0 Å². The van der Waals surface area contributed by atoms with E-state index < -0.39 is 0 Å². The van der Waals surface area contributed by atoms with Crippen LogP contribution in [0.2, 0.25) is 0 Å². The average Bonchev–Trinajstić information content (AvgIpc) is 2.67.